The molecule has 2 heterocycles. The van der Waals surface area contributed by atoms with E-state index in [4.69, 9.17) is 0 Å². The fourth-order valence-electron chi connectivity index (χ4n) is 3.13. The lowest BCUT2D eigenvalue weighted by atomic mass is 10.2. The Morgan fingerprint density at radius 3 is 2.67 bits per heavy atom. The third kappa shape index (κ3) is 3.67. The second-order valence-corrected chi connectivity index (χ2v) is 7.40. The summed E-state index contributed by atoms with van der Waals surface area (Å²) < 4.78 is 3.93. The molecule has 2 aromatic carbocycles. The summed E-state index contributed by atoms with van der Waals surface area (Å²) in [7, 11) is 0. The lowest BCUT2D eigenvalue weighted by Gasteiger charge is -2.09. The number of halogens is 1. The fourth-order valence-corrected chi connectivity index (χ4v) is 3.49. The van der Waals surface area contributed by atoms with Crippen LogP contribution in [0.3, 0.4) is 0 Å². The number of nitrogens with zero attached hydrogens (tertiary/aromatic N) is 5. The Bertz CT molecular complexity index is 1340. The summed E-state index contributed by atoms with van der Waals surface area (Å²) in [6.45, 7) is 1.91. The normalized spacial score (nSPS) is 11.4. The van der Waals surface area contributed by atoms with E-state index in [0.29, 0.717) is 28.8 Å². The predicted molar refractivity (Wildman–Crippen MR) is 118 cm³/mol. The molecule has 0 unspecified atom stereocenters. The van der Waals surface area contributed by atoms with E-state index < -0.39 is 4.92 Å². The zero-order chi connectivity index (χ0) is 21.3. The molecule has 0 radical (unpaired) electrons. The zero-order valence-corrected chi connectivity index (χ0v) is 17.5. The summed E-state index contributed by atoms with van der Waals surface area (Å²) in [4.78, 5) is 28.0. The first-order valence-electron chi connectivity index (χ1n) is 9.15. The highest BCUT2D eigenvalue weighted by Crippen LogP contribution is 2.18. The van der Waals surface area contributed by atoms with Gasteiger partial charge in [0.05, 0.1) is 27.7 Å². The first kappa shape index (κ1) is 19.7. The molecule has 2 aromatic heterocycles. The summed E-state index contributed by atoms with van der Waals surface area (Å²) in [5.74, 6) is 0.555. The third-order valence-electron chi connectivity index (χ3n) is 4.62. The van der Waals surface area contributed by atoms with Crippen molar-refractivity contribution in [1.82, 2.24) is 14.2 Å². The Kier molecular flexibility index (Phi) is 5.28. The van der Waals surface area contributed by atoms with Crippen LogP contribution in [0.1, 0.15) is 18.4 Å². The van der Waals surface area contributed by atoms with Crippen molar-refractivity contribution in [2.24, 2.45) is 5.10 Å². The van der Waals surface area contributed by atoms with Gasteiger partial charge in [0, 0.05) is 34.9 Å². The molecule has 0 fully saturated rings. The van der Waals surface area contributed by atoms with E-state index in [1.165, 1.54) is 16.8 Å². The second-order valence-electron chi connectivity index (χ2n) is 6.48. The Balaban J connectivity index is 1.76. The van der Waals surface area contributed by atoms with Gasteiger partial charge in [0.1, 0.15) is 5.82 Å². The van der Waals surface area contributed by atoms with E-state index >= 15 is 0 Å². The molecule has 0 saturated heterocycles. The quantitative estimate of drug-likeness (QED) is 0.249. The maximum atomic E-state index is 13.0. The summed E-state index contributed by atoms with van der Waals surface area (Å²) in [6.07, 6.45) is 3.94. The summed E-state index contributed by atoms with van der Waals surface area (Å²) in [5.41, 5.74) is 1.86. The molecular weight excluding hydrogens is 450 g/mol. The van der Waals surface area contributed by atoms with Crippen LogP contribution in [0.25, 0.3) is 16.6 Å². The van der Waals surface area contributed by atoms with Gasteiger partial charge in [0.15, 0.2) is 0 Å². The molecule has 0 bridgehead atoms. The molecule has 0 amide bonds. The van der Waals surface area contributed by atoms with Crippen molar-refractivity contribution < 1.29 is 4.92 Å². The number of benzene rings is 2. The molecule has 150 valence electrons. The molecule has 0 spiro atoms. The highest BCUT2D eigenvalue weighted by atomic mass is 79.9. The monoisotopic (exact) mass is 465 g/mol. The summed E-state index contributed by atoms with van der Waals surface area (Å²) in [5, 5.41) is 15.7. The molecule has 0 aliphatic rings. The number of fused-ring (bicyclic) bond motifs is 1. The van der Waals surface area contributed by atoms with Gasteiger partial charge in [-0.3, -0.25) is 14.9 Å². The molecule has 0 N–H and O–H groups in total. The minimum Gasteiger partial charge on any atom is -0.316 e. The Labute approximate surface area is 179 Å². The number of aromatic nitrogens is 3. The average Bonchev–Trinajstić information content (AvgIpc) is 3.22. The van der Waals surface area contributed by atoms with Crippen LogP contribution in [-0.2, 0) is 6.42 Å². The van der Waals surface area contributed by atoms with Crippen LogP contribution < -0.4 is 5.56 Å². The molecule has 30 heavy (non-hydrogen) atoms. The van der Waals surface area contributed by atoms with E-state index in [2.05, 4.69) is 26.0 Å². The molecule has 4 aromatic rings. The summed E-state index contributed by atoms with van der Waals surface area (Å²) in [6, 6.07) is 15.3. The van der Waals surface area contributed by atoms with Crippen molar-refractivity contribution in [2.75, 3.05) is 0 Å². The van der Waals surface area contributed by atoms with E-state index in [1.54, 1.807) is 30.5 Å². The number of non-ortho nitro benzene ring substituents is 1. The minimum atomic E-state index is -0.439. The van der Waals surface area contributed by atoms with E-state index in [9.17, 15) is 14.9 Å². The topological polar surface area (TPSA) is 95.3 Å². The first-order valence-corrected chi connectivity index (χ1v) is 9.95. The molecule has 0 aliphatic carbocycles. The number of rotatable bonds is 5. The van der Waals surface area contributed by atoms with E-state index in [-0.39, 0.29) is 11.2 Å². The van der Waals surface area contributed by atoms with Crippen molar-refractivity contribution in [1.29, 1.82) is 0 Å². The van der Waals surface area contributed by atoms with Crippen molar-refractivity contribution in [3.05, 3.63) is 97.3 Å². The molecule has 8 nitrogen and oxygen atoms in total. The Morgan fingerprint density at radius 2 is 1.97 bits per heavy atom. The minimum absolute atomic E-state index is 0.0219. The lowest BCUT2D eigenvalue weighted by molar-refractivity contribution is -0.384. The molecular formula is C21H16BrN5O3. The van der Waals surface area contributed by atoms with Crippen molar-refractivity contribution in [2.45, 2.75) is 13.3 Å². The van der Waals surface area contributed by atoms with Crippen LogP contribution in [0.4, 0.5) is 5.69 Å². The SMILES string of the molecule is CCc1nc2ccc(Br)cc2c(=O)n1N=Cc1cccn1-c1ccc([N+](=O)[O-])cc1. The Hall–Kier alpha value is -3.59. The summed E-state index contributed by atoms with van der Waals surface area (Å²) >= 11 is 3.39. The van der Waals surface area contributed by atoms with Crippen LogP contribution >= 0.6 is 15.9 Å². The highest BCUT2D eigenvalue weighted by molar-refractivity contribution is 9.10. The number of aryl methyl sites for hydroxylation is 1. The highest BCUT2D eigenvalue weighted by Gasteiger charge is 2.10. The van der Waals surface area contributed by atoms with Gasteiger partial charge in [-0.05, 0) is 42.5 Å². The van der Waals surface area contributed by atoms with Gasteiger partial charge >= 0.3 is 0 Å². The van der Waals surface area contributed by atoms with E-state index in [1.807, 2.05) is 35.9 Å². The van der Waals surface area contributed by atoms with Gasteiger partial charge in [0.25, 0.3) is 11.2 Å². The smallest absolute Gasteiger partial charge is 0.282 e. The van der Waals surface area contributed by atoms with Crippen molar-refractivity contribution in [3.8, 4) is 5.69 Å². The standard InChI is InChI=1S/C21H16BrN5O3/c1-2-20-24-19-10-5-14(22)12-18(19)21(28)26(20)23-13-17-4-3-11-25(17)15-6-8-16(9-7-15)27(29)30/h3-13H,2H2,1H3. The lowest BCUT2D eigenvalue weighted by Crippen LogP contribution is -2.22. The Morgan fingerprint density at radius 1 is 1.20 bits per heavy atom. The van der Waals surface area contributed by atoms with Crippen LogP contribution in [0.15, 0.2) is 75.2 Å². The molecule has 0 saturated carbocycles. The molecule has 0 atom stereocenters. The predicted octanol–water partition coefficient (Wildman–Crippen LogP) is 4.30. The number of nitro groups is 1. The second kappa shape index (κ2) is 8.03. The van der Waals surface area contributed by atoms with Crippen LogP contribution in [0.5, 0.6) is 0 Å². The van der Waals surface area contributed by atoms with Gasteiger partial charge in [-0.1, -0.05) is 22.9 Å². The third-order valence-corrected chi connectivity index (χ3v) is 5.11. The van der Waals surface area contributed by atoms with Gasteiger partial charge in [-0.25, -0.2) is 4.98 Å². The molecule has 0 aliphatic heterocycles. The van der Waals surface area contributed by atoms with Gasteiger partial charge in [-0.15, -0.1) is 0 Å². The maximum absolute atomic E-state index is 13.0. The number of nitro benzene ring substituents is 1. The zero-order valence-electron chi connectivity index (χ0n) is 15.9. The number of hydrogen-bond donors (Lipinski definition) is 0. The van der Waals surface area contributed by atoms with Crippen molar-refractivity contribution >= 4 is 38.7 Å². The van der Waals surface area contributed by atoms with Crippen LogP contribution in [-0.4, -0.2) is 25.4 Å². The average molecular weight is 466 g/mol. The maximum Gasteiger partial charge on any atom is 0.282 e. The largest absolute Gasteiger partial charge is 0.316 e. The van der Waals surface area contributed by atoms with Gasteiger partial charge in [-0.2, -0.15) is 9.78 Å². The van der Waals surface area contributed by atoms with Crippen LogP contribution in [0.2, 0.25) is 0 Å². The van der Waals surface area contributed by atoms with E-state index in [0.717, 1.165) is 10.2 Å². The fraction of sp³-hybridized carbons (Fsp3) is 0.0952. The molecule has 9 heteroatoms. The van der Waals surface area contributed by atoms with Gasteiger partial charge < -0.3 is 4.57 Å². The first-order chi connectivity index (χ1) is 14.5. The van der Waals surface area contributed by atoms with Crippen molar-refractivity contribution in [3.63, 3.8) is 0 Å². The molecule has 4 rings (SSSR count). The van der Waals surface area contributed by atoms with Crippen LogP contribution in [0, 0.1) is 10.1 Å². The number of hydrogen-bond acceptors (Lipinski definition) is 5. The van der Waals surface area contributed by atoms with Gasteiger partial charge in [0.2, 0.25) is 0 Å².